The zero-order valence-electron chi connectivity index (χ0n) is 11.1. The van der Waals surface area contributed by atoms with Crippen LogP contribution in [0, 0.1) is 0 Å². The van der Waals surface area contributed by atoms with E-state index < -0.39 is 6.10 Å². The molecule has 1 N–H and O–H groups in total. The molecule has 2 aromatic carbocycles. The topological polar surface area (TPSA) is 38.1 Å². The summed E-state index contributed by atoms with van der Waals surface area (Å²) in [7, 11) is 0. The van der Waals surface area contributed by atoms with Gasteiger partial charge < -0.3 is 9.67 Å². The van der Waals surface area contributed by atoms with Crippen LogP contribution < -0.4 is 0 Å². The van der Waals surface area contributed by atoms with Crippen LogP contribution >= 0.6 is 11.6 Å². The van der Waals surface area contributed by atoms with Crippen molar-refractivity contribution in [2.24, 2.45) is 0 Å². The number of aliphatic hydroxyl groups excluding tert-OH is 1. The SMILES string of the molecule is C[C@@H](O)c1nc2ccccc2n1Cc1ccccc1Cl. The van der Waals surface area contributed by atoms with Crippen molar-refractivity contribution < 1.29 is 5.11 Å². The Hall–Kier alpha value is -1.84. The van der Waals surface area contributed by atoms with Crippen molar-refractivity contribution in [1.82, 2.24) is 9.55 Å². The quantitative estimate of drug-likeness (QED) is 0.795. The minimum absolute atomic E-state index is 0.598. The van der Waals surface area contributed by atoms with Crippen LogP contribution in [0.5, 0.6) is 0 Å². The van der Waals surface area contributed by atoms with E-state index in [1.165, 1.54) is 0 Å². The third kappa shape index (κ3) is 2.30. The first-order valence-corrected chi connectivity index (χ1v) is 6.91. The average molecular weight is 287 g/mol. The smallest absolute Gasteiger partial charge is 0.138 e. The highest BCUT2D eigenvalue weighted by molar-refractivity contribution is 6.31. The van der Waals surface area contributed by atoms with E-state index in [0.29, 0.717) is 12.4 Å². The largest absolute Gasteiger partial charge is 0.385 e. The van der Waals surface area contributed by atoms with Crippen LogP contribution in [0.3, 0.4) is 0 Å². The zero-order valence-corrected chi connectivity index (χ0v) is 11.9. The molecule has 3 rings (SSSR count). The van der Waals surface area contributed by atoms with Crippen molar-refractivity contribution in [3.63, 3.8) is 0 Å². The van der Waals surface area contributed by atoms with E-state index in [9.17, 15) is 5.11 Å². The molecule has 0 spiro atoms. The summed E-state index contributed by atoms with van der Waals surface area (Å²) in [5.41, 5.74) is 2.90. The number of nitrogens with zero attached hydrogens (tertiary/aromatic N) is 2. The Morgan fingerprint density at radius 2 is 1.85 bits per heavy atom. The molecule has 3 nitrogen and oxygen atoms in total. The first-order valence-electron chi connectivity index (χ1n) is 6.53. The van der Waals surface area contributed by atoms with Gasteiger partial charge in [-0.1, -0.05) is 41.9 Å². The molecular formula is C16H15ClN2O. The van der Waals surface area contributed by atoms with Crippen molar-refractivity contribution in [2.45, 2.75) is 19.6 Å². The predicted molar refractivity (Wildman–Crippen MR) is 80.9 cm³/mol. The van der Waals surface area contributed by atoms with Gasteiger partial charge in [0.15, 0.2) is 0 Å². The second-order valence-electron chi connectivity index (χ2n) is 4.81. The molecule has 3 aromatic rings. The molecule has 20 heavy (non-hydrogen) atoms. The van der Waals surface area contributed by atoms with Crippen LogP contribution in [-0.4, -0.2) is 14.7 Å². The summed E-state index contributed by atoms with van der Waals surface area (Å²) >= 11 is 6.23. The number of benzene rings is 2. The second kappa shape index (κ2) is 5.27. The third-order valence-electron chi connectivity index (χ3n) is 3.34. The summed E-state index contributed by atoms with van der Waals surface area (Å²) in [4.78, 5) is 4.51. The van der Waals surface area contributed by atoms with Crippen molar-refractivity contribution in [3.8, 4) is 0 Å². The van der Waals surface area contributed by atoms with E-state index in [1.807, 2.05) is 53.1 Å². The highest BCUT2D eigenvalue weighted by Gasteiger charge is 2.15. The first kappa shape index (κ1) is 13.2. The Kier molecular flexibility index (Phi) is 3.47. The number of hydrogen-bond acceptors (Lipinski definition) is 2. The Labute approximate surface area is 122 Å². The maximum atomic E-state index is 9.94. The lowest BCUT2D eigenvalue weighted by Crippen LogP contribution is -2.08. The number of hydrogen-bond donors (Lipinski definition) is 1. The van der Waals surface area contributed by atoms with Gasteiger partial charge in [-0.2, -0.15) is 0 Å². The van der Waals surface area contributed by atoms with Gasteiger partial charge in [0.1, 0.15) is 11.9 Å². The van der Waals surface area contributed by atoms with Gasteiger partial charge >= 0.3 is 0 Å². The number of aliphatic hydroxyl groups is 1. The molecule has 1 aromatic heterocycles. The second-order valence-corrected chi connectivity index (χ2v) is 5.22. The fourth-order valence-corrected chi connectivity index (χ4v) is 2.57. The van der Waals surface area contributed by atoms with Crippen molar-refractivity contribution in [3.05, 3.63) is 64.9 Å². The van der Waals surface area contributed by atoms with Crippen LogP contribution in [-0.2, 0) is 6.54 Å². The van der Waals surface area contributed by atoms with Crippen molar-refractivity contribution >= 4 is 22.6 Å². The standard InChI is InChI=1S/C16H15ClN2O/c1-11(20)16-18-14-8-4-5-9-15(14)19(16)10-12-6-2-3-7-13(12)17/h2-9,11,20H,10H2,1H3/t11-/m1/s1. The Morgan fingerprint density at radius 3 is 2.60 bits per heavy atom. The molecule has 0 saturated carbocycles. The monoisotopic (exact) mass is 286 g/mol. The Bertz CT molecular complexity index is 749. The highest BCUT2D eigenvalue weighted by Crippen LogP contribution is 2.24. The van der Waals surface area contributed by atoms with Gasteiger partial charge in [-0.15, -0.1) is 0 Å². The van der Waals surface area contributed by atoms with E-state index in [4.69, 9.17) is 11.6 Å². The molecule has 0 saturated heterocycles. The van der Waals surface area contributed by atoms with Gasteiger partial charge in [0.05, 0.1) is 17.6 Å². The fraction of sp³-hybridized carbons (Fsp3) is 0.188. The van der Waals surface area contributed by atoms with E-state index in [-0.39, 0.29) is 0 Å². The van der Waals surface area contributed by atoms with Gasteiger partial charge in [-0.05, 0) is 30.7 Å². The molecule has 102 valence electrons. The number of rotatable bonds is 3. The van der Waals surface area contributed by atoms with Crippen LogP contribution in [0.25, 0.3) is 11.0 Å². The maximum Gasteiger partial charge on any atom is 0.138 e. The third-order valence-corrected chi connectivity index (χ3v) is 3.71. The van der Waals surface area contributed by atoms with Crippen LogP contribution in [0.1, 0.15) is 24.4 Å². The van der Waals surface area contributed by atoms with E-state index in [0.717, 1.165) is 21.6 Å². The summed E-state index contributed by atoms with van der Waals surface area (Å²) < 4.78 is 2.02. The molecule has 1 atom stereocenters. The summed E-state index contributed by atoms with van der Waals surface area (Å²) in [5, 5.41) is 10.7. The summed E-state index contributed by atoms with van der Waals surface area (Å²) in [5.74, 6) is 0.658. The van der Waals surface area contributed by atoms with Crippen LogP contribution in [0.2, 0.25) is 5.02 Å². The normalized spacial score (nSPS) is 12.8. The highest BCUT2D eigenvalue weighted by atomic mass is 35.5. The van der Waals surface area contributed by atoms with Crippen LogP contribution in [0.4, 0.5) is 0 Å². The van der Waals surface area contributed by atoms with Gasteiger partial charge in [-0.3, -0.25) is 0 Å². The molecule has 0 unspecified atom stereocenters. The number of aromatic nitrogens is 2. The summed E-state index contributed by atoms with van der Waals surface area (Å²) in [6, 6.07) is 15.6. The summed E-state index contributed by atoms with van der Waals surface area (Å²) in [6.07, 6.45) is -0.620. The molecule has 0 aliphatic heterocycles. The molecule has 0 radical (unpaired) electrons. The van der Waals surface area contributed by atoms with Gasteiger partial charge in [0.2, 0.25) is 0 Å². The van der Waals surface area contributed by atoms with E-state index in [2.05, 4.69) is 4.98 Å². The number of fused-ring (bicyclic) bond motifs is 1. The van der Waals surface area contributed by atoms with E-state index >= 15 is 0 Å². The number of para-hydroxylation sites is 2. The lowest BCUT2D eigenvalue weighted by atomic mass is 10.2. The maximum absolute atomic E-state index is 9.94. The van der Waals surface area contributed by atoms with Gasteiger partial charge in [0.25, 0.3) is 0 Å². The molecule has 0 aliphatic rings. The molecule has 0 bridgehead atoms. The average Bonchev–Trinajstić information content (AvgIpc) is 2.81. The minimum Gasteiger partial charge on any atom is -0.385 e. The van der Waals surface area contributed by atoms with E-state index in [1.54, 1.807) is 6.92 Å². The first-order chi connectivity index (χ1) is 9.66. The number of imidazole rings is 1. The van der Waals surface area contributed by atoms with Crippen molar-refractivity contribution in [1.29, 1.82) is 0 Å². The predicted octanol–water partition coefficient (Wildman–Crippen LogP) is 3.79. The Balaban J connectivity index is 2.14. The molecule has 0 amide bonds. The zero-order chi connectivity index (χ0) is 14.1. The lowest BCUT2D eigenvalue weighted by molar-refractivity contribution is 0.185. The molecular weight excluding hydrogens is 272 g/mol. The van der Waals surface area contributed by atoms with Crippen LogP contribution in [0.15, 0.2) is 48.5 Å². The fourth-order valence-electron chi connectivity index (χ4n) is 2.38. The molecule has 1 heterocycles. The lowest BCUT2D eigenvalue weighted by Gasteiger charge is -2.12. The van der Waals surface area contributed by atoms with Gasteiger partial charge in [0, 0.05) is 5.02 Å². The molecule has 4 heteroatoms. The molecule has 0 fully saturated rings. The molecule has 0 aliphatic carbocycles. The minimum atomic E-state index is -0.620. The van der Waals surface area contributed by atoms with Crippen molar-refractivity contribution in [2.75, 3.05) is 0 Å². The number of halogens is 1. The Morgan fingerprint density at radius 1 is 1.15 bits per heavy atom. The van der Waals surface area contributed by atoms with Gasteiger partial charge in [-0.25, -0.2) is 4.98 Å². The summed E-state index contributed by atoms with van der Waals surface area (Å²) in [6.45, 7) is 2.32.